The monoisotopic (exact) mass is 350 g/mol. The maximum absolute atomic E-state index is 12.1. The van der Waals surface area contributed by atoms with Gasteiger partial charge in [0.05, 0.1) is 0 Å². The van der Waals surface area contributed by atoms with Crippen LogP contribution in [0.25, 0.3) is 0 Å². The highest BCUT2D eigenvalue weighted by Gasteiger charge is 2.43. The van der Waals surface area contributed by atoms with Crippen molar-refractivity contribution in [3.8, 4) is 0 Å². The Hall–Kier alpha value is -1.38. The van der Waals surface area contributed by atoms with Gasteiger partial charge in [0.1, 0.15) is 0 Å². The van der Waals surface area contributed by atoms with Gasteiger partial charge in [0, 0.05) is 5.56 Å². The highest BCUT2D eigenvalue weighted by Crippen LogP contribution is 2.52. The van der Waals surface area contributed by atoms with Crippen molar-refractivity contribution in [2.24, 2.45) is 0 Å². The Morgan fingerprint density at radius 3 is 1.68 bits per heavy atom. The fourth-order valence-corrected chi connectivity index (χ4v) is 2.62. The van der Waals surface area contributed by atoms with Crippen molar-refractivity contribution >= 4 is 13.1 Å². The molecule has 1 aromatic carbocycles. The van der Waals surface area contributed by atoms with Crippen LogP contribution in [0, 0.1) is 0 Å². The van der Waals surface area contributed by atoms with Crippen LogP contribution in [-0.4, -0.2) is 31.1 Å². The Morgan fingerprint density at radius 1 is 0.909 bits per heavy atom. The summed E-state index contributed by atoms with van der Waals surface area (Å²) in [6.45, 7) is -4.36. The molecule has 0 unspecified atom stereocenters. The number of benzene rings is 1. The van der Waals surface area contributed by atoms with Crippen LogP contribution in [0.1, 0.15) is 10.4 Å². The average molecular weight is 350 g/mol. The Morgan fingerprint density at radius 2 is 1.32 bits per heavy atom. The summed E-state index contributed by atoms with van der Waals surface area (Å²) in [6, 6.07) is 6.12. The minimum atomic E-state index is -5.30. The highest BCUT2D eigenvalue weighted by atomic mass is 31.2. The SMILES string of the molecule is O=C(c1ccccc1)P(=O)(OCC(F)(F)F)OCC(F)(F)F. The second-order valence-electron chi connectivity index (χ2n) is 3.95. The molecule has 1 aromatic rings. The number of hydrogen-bond acceptors (Lipinski definition) is 4. The third kappa shape index (κ3) is 6.17. The molecule has 4 nitrogen and oxygen atoms in total. The van der Waals surface area contributed by atoms with E-state index in [1.807, 2.05) is 0 Å². The molecule has 1 rings (SSSR count). The molecular weight excluding hydrogens is 341 g/mol. The molecule has 11 heteroatoms. The van der Waals surface area contributed by atoms with E-state index in [1.54, 1.807) is 0 Å². The van der Waals surface area contributed by atoms with Gasteiger partial charge >= 0.3 is 19.9 Å². The molecule has 0 aliphatic heterocycles. The Labute approximate surface area is 120 Å². The molecule has 0 amide bonds. The van der Waals surface area contributed by atoms with E-state index in [1.165, 1.54) is 18.2 Å². The number of carbonyl (C=O) groups is 1. The molecule has 124 valence electrons. The lowest BCUT2D eigenvalue weighted by atomic mass is 10.2. The Balaban J connectivity index is 3.00. The molecule has 0 atom stereocenters. The van der Waals surface area contributed by atoms with E-state index in [9.17, 15) is 35.7 Å². The van der Waals surface area contributed by atoms with Crippen molar-refractivity contribution in [1.82, 2.24) is 0 Å². The van der Waals surface area contributed by atoms with Gasteiger partial charge in [-0.2, -0.15) is 26.3 Å². The smallest absolute Gasteiger partial charge is 0.293 e. The van der Waals surface area contributed by atoms with Gasteiger partial charge in [0.25, 0.3) is 5.52 Å². The van der Waals surface area contributed by atoms with Crippen molar-refractivity contribution in [3.63, 3.8) is 0 Å². The van der Waals surface area contributed by atoms with E-state index in [2.05, 4.69) is 9.05 Å². The fourth-order valence-electron chi connectivity index (χ4n) is 1.21. The van der Waals surface area contributed by atoms with Crippen LogP contribution in [0.4, 0.5) is 26.3 Å². The number of hydrogen-bond donors (Lipinski definition) is 0. The molecule has 0 aliphatic carbocycles. The molecule has 0 saturated heterocycles. The Bertz CT molecular complexity index is 532. The number of alkyl halides is 6. The van der Waals surface area contributed by atoms with Gasteiger partial charge < -0.3 is 0 Å². The van der Waals surface area contributed by atoms with Crippen molar-refractivity contribution < 1.29 is 44.7 Å². The third-order valence-corrected chi connectivity index (χ3v) is 3.76. The largest absolute Gasteiger partial charge is 0.412 e. The first-order chi connectivity index (χ1) is 9.93. The zero-order valence-corrected chi connectivity index (χ0v) is 11.5. The van der Waals surface area contributed by atoms with E-state index in [0.29, 0.717) is 0 Å². The predicted octanol–water partition coefficient (Wildman–Crippen LogP) is 4.18. The van der Waals surface area contributed by atoms with E-state index >= 15 is 0 Å². The molecule has 0 N–H and O–H groups in total. The normalized spacial score (nSPS) is 13.2. The van der Waals surface area contributed by atoms with E-state index in [0.717, 1.165) is 12.1 Å². The van der Waals surface area contributed by atoms with E-state index in [4.69, 9.17) is 0 Å². The molecule has 0 bridgehead atoms. The second kappa shape index (κ2) is 6.80. The van der Waals surface area contributed by atoms with Crippen molar-refractivity contribution in [1.29, 1.82) is 0 Å². The van der Waals surface area contributed by atoms with Gasteiger partial charge in [-0.25, -0.2) is 0 Å². The molecule has 0 radical (unpaired) electrons. The lowest BCUT2D eigenvalue weighted by Gasteiger charge is -2.19. The zero-order valence-electron chi connectivity index (χ0n) is 10.6. The highest BCUT2D eigenvalue weighted by molar-refractivity contribution is 7.72. The molecule has 0 saturated carbocycles. The van der Waals surface area contributed by atoms with Gasteiger partial charge in [-0.1, -0.05) is 30.3 Å². The van der Waals surface area contributed by atoms with Crippen molar-refractivity contribution in [2.45, 2.75) is 12.4 Å². The predicted molar refractivity (Wildman–Crippen MR) is 62.4 cm³/mol. The number of carbonyl (C=O) groups excluding carboxylic acids is 1. The maximum Gasteiger partial charge on any atom is 0.412 e. The lowest BCUT2D eigenvalue weighted by Crippen LogP contribution is -2.22. The van der Waals surface area contributed by atoms with Gasteiger partial charge in [-0.15, -0.1) is 0 Å². The molecule has 0 spiro atoms. The first-order valence-corrected chi connectivity index (χ1v) is 7.10. The summed E-state index contributed by atoms with van der Waals surface area (Å²) in [6.07, 6.45) is -9.98. The summed E-state index contributed by atoms with van der Waals surface area (Å²) in [5.74, 6) is 0. The zero-order chi connectivity index (χ0) is 17.0. The first-order valence-electron chi connectivity index (χ1n) is 5.55. The number of halogens is 6. The molecule has 0 fully saturated rings. The summed E-state index contributed by atoms with van der Waals surface area (Å²) >= 11 is 0. The van der Waals surface area contributed by atoms with Crippen LogP contribution in [-0.2, 0) is 13.6 Å². The molecular formula is C11H9F6O4P. The van der Waals surface area contributed by atoms with Crippen molar-refractivity contribution in [3.05, 3.63) is 35.9 Å². The Kier molecular flexibility index (Phi) is 5.77. The van der Waals surface area contributed by atoms with Crippen LogP contribution in [0.3, 0.4) is 0 Å². The third-order valence-electron chi connectivity index (χ3n) is 2.07. The average Bonchev–Trinajstić information content (AvgIpc) is 2.42. The van der Waals surface area contributed by atoms with Gasteiger partial charge in [-0.05, 0) is 0 Å². The summed E-state index contributed by atoms with van der Waals surface area (Å²) in [4.78, 5) is 11.9. The first kappa shape index (κ1) is 18.7. The maximum atomic E-state index is 12.1. The van der Waals surface area contributed by atoms with Gasteiger partial charge in [0.2, 0.25) is 0 Å². The molecule has 0 aliphatic rings. The summed E-state index contributed by atoms with van der Waals surface area (Å²) < 4.78 is 92.3. The van der Waals surface area contributed by atoms with Crippen LogP contribution in [0.15, 0.2) is 30.3 Å². The second-order valence-corrected chi connectivity index (χ2v) is 5.86. The van der Waals surface area contributed by atoms with Crippen molar-refractivity contribution in [2.75, 3.05) is 13.2 Å². The van der Waals surface area contributed by atoms with E-state index < -0.39 is 44.2 Å². The minimum Gasteiger partial charge on any atom is -0.293 e. The van der Waals surface area contributed by atoms with E-state index in [-0.39, 0.29) is 0 Å². The van der Waals surface area contributed by atoms with Crippen LogP contribution >= 0.6 is 7.60 Å². The minimum absolute atomic E-state index is 0.393. The molecule has 0 aromatic heterocycles. The molecule has 22 heavy (non-hydrogen) atoms. The fraction of sp³-hybridized carbons (Fsp3) is 0.364. The summed E-state index contributed by atoms with van der Waals surface area (Å²) in [5, 5.41) is 0. The molecule has 0 heterocycles. The quantitative estimate of drug-likeness (QED) is 0.571. The topological polar surface area (TPSA) is 52.6 Å². The van der Waals surface area contributed by atoms with Gasteiger partial charge in [-0.3, -0.25) is 18.4 Å². The van der Waals surface area contributed by atoms with Crippen LogP contribution in [0.2, 0.25) is 0 Å². The summed E-state index contributed by atoms with van der Waals surface area (Å²) in [5.41, 5.74) is -1.98. The van der Waals surface area contributed by atoms with Crippen LogP contribution in [0.5, 0.6) is 0 Å². The van der Waals surface area contributed by atoms with Gasteiger partial charge in [0.15, 0.2) is 13.2 Å². The summed E-state index contributed by atoms with van der Waals surface area (Å²) in [7, 11) is -5.30. The standard InChI is InChI=1S/C11H9F6O4P/c12-10(13,14)6-20-22(19,21-7-11(15,16)17)9(18)8-4-2-1-3-5-8/h1-5H,6-7H2. The van der Waals surface area contributed by atoms with Crippen LogP contribution < -0.4 is 0 Å². The number of rotatable bonds is 6. The lowest BCUT2D eigenvalue weighted by molar-refractivity contribution is -0.164.